The highest BCUT2D eigenvalue weighted by molar-refractivity contribution is 5.69. The zero-order chi connectivity index (χ0) is 23.1. The van der Waals surface area contributed by atoms with Crippen molar-refractivity contribution < 1.29 is 14.3 Å². The van der Waals surface area contributed by atoms with Crippen LogP contribution < -0.4 is 15.0 Å². The lowest BCUT2D eigenvalue weighted by atomic mass is 10.1. The van der Waals surface area contributed by atoms with Crippen LogP contribution in [0.25, 0.3) is 0 Å². The number of hydrogen-bond acceptors (Lipinski definition) is 4. The predicted octanol–water partition coefficient (Wildman–Crippen LogP) is 7.48. The standard InChI is InChI=1S/C28H42N2O3/c1-2-3-4-5-6-7-8-9-10-11-16-21-29-28(31)32-23-22-30-24-17-12-14-19-26(24)33-27-20-15-13-18-25(27)30/h12,14,17-20H,2-11,13,15-16,21-23H2,1H3,(H,29,31). The Morgan fingerprint density at radius 2 is 1.61 bits per heavy atom. The molecular weight excluding hydrogens is 412 g/mol. The fourth-order valence-electron chi connectivity index (χ4n) is 4.49. The first-order chi connectivity index (χ1) is 16.3. The number of ether oxygens (including phenoxy) is 2. The molecule has 2 aliphatic rings. The monoisotopic (exact) mass is 454 g/mol. The summed E-state index contributed by atoms with van der Waals surface area (Å²) in [6.45, 7) is 3.90. The number of rotatable bonds is 15. The Hall–Kier alpha value is -2.43. The summed E-state index contributed by atoms with van der Waals surface area (Å²) < 4.78 is 11.5. The fourth-order valence-corrected chi connectivity index (χ4v) is 4.49. The molecule has 0 unspecified atom stereocenters. The first-order valence-electron chi connectivity index (χ1n) is 13.2. The minimum atomic E-state index is -0.322. The molecule has 33 heavy (non-hydrogen) atoms. The van der Waals surface area contributed by atoms with Gasteiger partial charge in [0.1, 0.15) is 12.4 Å². The van der Waals surface area contributed by atoms with Gasteiger partial charge in [-0.25, -0.2) is 4.79 Å². The zero-order valence-electron chi connectivity index (χ0n) is 20.4. The van der Waals surface area contributed by atoms with E-state index >= 15 is 0 Å². The van der Waals surface area contributed by atoms with Crippen molar-refractivity contribution in [3.63, 3.8) is 0 Å². The summed E-state index contributed by atoms with van der Waals surface area (Å²) in [7, 11) is 0. The van der Waals surface area contributed by atoms with Gasteiger partial charge >= 0.3 is 6.09 Å². The van der Waals surface area contributed by atoms with E-state index in [9.17, 15) is 4.79 Å². The van der Waals surface area contributed by atoms with Crippen LogP contribution in [0.2, 0.25) is 0 Å². The molecule has 182 valence electrons. The molecule has 1 N–H and O–H groups in total. The number of unbranched alkanes of at least 4 members (excludes halogenated alkanes) is 10. The number of nitrogens with zero attached hydrogens (tertiary/aromatic N) is 1. The predicted molar refractivity (Wildman–Crippen MR) is 136 cm³/mol. The molecule has 0 fully saturated rings. The molecule has 1 aromatic carbocycles. The Kier molecular flexibility index (Phi) is 11.2. The maximum absolute atomic E-state index is 12.1. The second-order valence-electron chi connectivity index (χ2n) is 9.05. The molecular formula is C28H42N2O3. The summed E-state index contributed by atoms with van der Waals surface area (Å²) in [4.78, 5) is 14.3. The Labute approximate surface area is 200 Å². The van der Waals surface area contributed by atoms with Crippen molar-refractivity contribution in [3.8, 4) is 5.75 Å². The third-order valence-corrected chi connectivity index (χ3v) is 6.35. The lowest BCUT2D eigenvalue weighted by Crippen LogP contribution is -2.35. The lowest BCUT2D eigenvalue weighted by Gasteiger charge is -2.35. The highest BCUT2D eigenvalue weighted by Crippen LogP contribution is 2.40. The molecule has 1 amide bonds. The molecule has 0 bridgehead atoms. The number of nitrogens with one attached hydrogen (secondary N) is 1. The second kappa shape index (κ2) is 14.7. The van der Waals surface area contributed by atoms with E-state index in [-0.39, 0.29) is 6.09 Å². The number of anilines is 1. The molecule has 5 heteroatoms. The molecule has 1 aliphatic heterocycles. The average molecular weight is 455 g/mol. The quantitative estimate of drug-likeness (QED) is 0.279. The van der Waals surface area contributed by atoms with E-state index in [1.807, 2.05) is 24.3 Å². The number of benzene rings is 1. The van der Waals surface area contributed by atoms with Crippen LogP contribution in [0.15, 0.2) is 47.9 Å². The number of para-hydroxylation sites is 2. The Morgan fingerprint density at radius 3 is 2.36 bits per heavy atom. The summed E-state index contributed by atoms with van der Waals surface area (Å²) in [6.07, 6.45) is 20.4. The number of fused-ring (bicyclic) bond motifs is 2. The van der Waals surface area contributed by atoms with Gasteiger partial charge in [0.25, 0.3) is 0 Å². The Morgan fingerprint density at radius 1 is 0.939 bits per heavy atom. The molecule has 1 heterocycles. The smallest absolute Gasteiger partial charge is 0.407 e. The molecule has 1 aliphatic carbocycles. The molecule has 3 rings (SSSR count). The van der Waals surface area contributed by atoms with Crippen LogP contribution >= 0.6 is 0 Å². The van der Waals surface area contributed by atoms with Gasteiger partial charge in [-0.3, -0.25) is 0 Å². The maximum Gasteiger partial charge on any atom is 0.407 e. The van der Waals surface area contributed by atoms with Crippen molar-refractivity contribution in [1.29, 1.82) is 0 Å². The van der Waals surface area contributed by atoms with Gasteiger partial charge in [-0.2, -0.15) is 0 Å². The number of amides is 1. The number of alkyl carbamates (subject to hydrolysis) is 1. The molecule has 5 nitrogen and oxygen atoms in total. The van der Waals surface area contributed by atoms with Crippen LogP contribution in [0, 0.1) is 0 Å². The lowest BCUT2D eigenvalue weighted by molar-refractivity contribution is 0.149. The minimum absolute atomic E-state index is 0.322. The minimum Gasteiger partial charge on any atom is -0.453 e. The van der Waals surface area contributed by atoms with Gasteiger partial charge in [-0.15, -0.1) is 0 Å². The molecule has 0 saturated carbocycles. The van der Waals surface area contributed by atoms with Crippen molar-refractivity contribution in [2.24, 2.45) is 0 Å². The van der Waals surface area contributed by atoms with Crippen LogP contribution in [0.3, 0.4) is 0 Å². The van der Waals surface area contributed by atoms with Crippen molar-refractivity contribution >= 4 is 11.8 Å². The zero-order valence-corrected chi connectivity index (χ0v) is 20.4. The molecule has 0 spiro atoms. The van der Waals surface area contributed by atoms with Crippen LogP contribution in [0.1, 0.15) is 90.4 Å². The van der Waals surface area contributed by atoms with Gasteiger partial charge in [0.05, 0.1) is 17.9 Å². The number of carbonyl (C=O) groups excluding carboxylic acids is 1. The van der Waals surface area contributed by atoms with Crippen LogP contribution in [0.4, 0.5) is 10.5 Å². The van der Waals surface area contributed by atoms with E-state index in [1.54, 1.807) is 0 Å². The van der Waals surface area contributed by atoms with Crippen molar-refractivity contribution in [3.05, 3.63) is 47.9 Å². The normalized spacial score (nSPS) is 14.5. The van der Waals surface area contributed by atoms with E-state index < -0.39 is 0 Å². The van der Waals surface area contributed by atoms with Gasteiger partial charge in [0, 0.05) is 6.54 Å². The first-order valence-corrected chi connectivity index (χ1v) is 13.2. The van der Waals surface area contributed by atoms with E-state index in [2.05, 4.69) is 29.3 Å². The van der Waals surface area contributed by atoms with Crippen molar-refractivity contribution in [2.75, 3.05) is 24.6 Å². The Bertz CT molecular complexity index is 787. The average Bonchev–Trinajstić information content (AvgIpc) is 2.84. The van der Waals surface area contributed by atoms with E-state index in [1.165, 1.54) is 64.2 Å². The molecule has 1 aromatic rings. The number of hydrogen-bond donors (Lipinski definition) is 1. The highest BCUT2D eigenvalue weighted by Gasteiger charge is 2.27. The summed E-state index contributed by atoms with van der Waals surface area (Å²) in [5.74, 6) is 1.75. The number of carbonyl (C=O) groups is 1. The summed E-state index contributed by atoms with van der Waals surface area (Å²) in [5, 5.41) is 2.90. The van der Waals surface area contributed by atoms with Crippen LogP contribution in [-0.4, -0.2) is 25.8 Å². The molecule has 0 aromatic heterocycles. The Balaban J connectivity index is 1.25. The van der Waals surface area contributed by atoms with Gasteiger partial charge in [-0.05, 0) is 37.5 Å². The van der Waals surface area contributed by atoms with E-state index in [0.29, 0.717) is 19.7 Å². The van der Waals surface area contributed by atoms with Gasteiger partial charge in [-0.1, -0.05) is 89.3 Å². The van der Waals surface area contributed by atoms with Gasteiger partial charge in [0.15, 0.2) is 5.75 Å². The van der Waals surface area contributed by atoms with E-state index in [0.717, 1.165) is 42.2 Å². The third-order valence-electron chi connectivity index (χ3n) is 6.35. The molecule has 0 saturated heterocycles. The van der Waals surface area contributed by atoms with Gasteiger partial charge in [0.2, 0.25) is 0 Å². The van der Waals surface area contributed by atoms with Crippen LogP contribution in [0.5, 0.6) is 5.75 Å². The van der Waals surface area contributed by atoms with Gasteiger partial charge < -0.3 is 19.7 Å². The first kappa shape index (κ1) is 25.2. The SMILES string of the molecule is CCCCCCCCCCCCCNC(=O)OCCN1C2=CCCC=C2Oc2ccccc21. The molecule has 0 atom stereocenters. The van der Waals surface area contributed by atoms with E-state index in [4.69, 9.17) is 9.47 Å². The number of allylic oxidation sites excluding steroid dienone is 2. The summed E-state index contributed by atoms with van der Waals surface area (Å²) in [6, 6.07) is 8.02. The third kappa shape index (κ3) is 8.45. The van der Waals surface area contributed by atoms with Crippen molar-refractivity contribution in [1.82, 2.24) is 5.32 Å². The highest BCUT2D eigenvalue weighted by atomic mass is 16.5. The topological polar surface area (TPSA) is 50.8 Å². The second-order valence-corrected chi connectivity index (χ2v) is 9.05. The molecule has 0 radical (unpaired) electrons. The van der Waals surface area contributed by atoms with Crippen molar-refractivity contribution in [2.45, 2.75) is 90.4 Å². The summed E-state index contributed by atoms with van der Waals surface area (Å²) in [5.41, 5.74) is 2.10. The van der Waals surface area contributed by atoms with Crippen LogP contribution in [-0.2, 0) is 4.74 Å². The fraction of sp³-hybridized carbons (Fsp3) is 0.607. The largest absolute Gasteiger partial charge is 0.453 e. The maximum atomic E-state index is 12.1. The summed E-state index contributed by atoms with van der Waals surface area (Å²) >= 11 is 0.